The number of hydrogen-bond donors (Lipinski definition) is 0. The lowest BCUT2D eigenvalue weighted by Gasteiger charge is -2.58. The van der Waals surface area contributed by atoms with E-state index in [1.807, 2.05) is 12.1 Å². The molecule has 1 aliphatic heterocycles. The molecule has 2 bridgehead atoms. The molecular weight excluding hydrogens is 284 g/mol. The van der Waals surface area contributed by atoms with Crippen LogP contribution >= 0.6 is 0 Å². The molecule has 0 N–H and O–H groups in total. The number of hydrogen-bond acceptors (Lipinski definition) is 2. The smallest absolute Gasteiger partial charge is 0.387 e. The van der Waals surface area contributed by atoms with Gasteiger partial charge in [0, 0.05) is 11.5 Å². The van der Waals surface area contributed by atoms with Crippen LogP contribution in [-0.2, 0) is 11.8 Å². The third-order valence-electron chi connectivity index (χ3n) is 6.31. The third kappa shape index (κ3) is 2.07. The van der Waals surface area contributed by atoms with E-state index < -0.39 is 6.61 Å². The fraction of sp³-hybridized carbons (Fsp3) is 0.667. The van der Waals surface area contributed by atoms with Gasteiger partial charge in [-0.1, -0.05) is 18.9 Å². The van der Waals surface area contributed by atoms with Gasteiger partial charge in [0.15, 0.2) is 0 Å². The summed E-state index contributed by atoms with van der Waals surface area (Å²) in [5, 5.41) is 0. The van der Waals surface area contributed by atoms with E-state index in [9.17, 15) is 8.78 Å². The van der Waals surface area contributed by atoms with E-state index in [-0.39, 0.29) is 5.41 Å². The first-order valence-electron chi connectivity index (χ1n) is 8.39. The first-order valence-corrected chi connectivity index (χ1v) is 8.39. The number of fused-ring (bicyclic) bond motifs is 1. The fourth-order valence-electron chi connectivity index (χ4n) is 5.35. The Kier molecular flexibility index (Phi) is 3.40. The van der Waals surface area contributed by atoms with E-state index >= 15 is 0 Å². The lowest BCUT2D eigenvalue weighted by molar-refractivity contribution is -0.0503. The molecule has 1 saturated heterocycles. The summed E-state index contributed by atoms with van der Waals surface area (Å²) < 4.78 is 29.8. The van der Waals surface area contributed by atoms with Crippen molar-refractivity contribution in [1.82, 2.24) is 4.90 Å². The van der Waals surface area contributed by atoms with Crippen LogP contribution in [0.3, 0.4) is 0 Å². The van der Waals surface area contributed by atoms with Gasteiger partial charge in [-0.15, -0.1) is 0 Å². The summed E-state index contributed by atoms with van der Waals surface area (Å²) in [7, 11) is 2.24. The standard InChI is InChI=1S/C18H23F2NO/c1-21-9-8-18-7-3-2-4-14(18)16(21)10-12-5-6-13(11-15(12)18)22-17(19)20/h5-6,11,14,16-17H,2-4,7-10H2,1H3/t14?,16-,18-/m0/s1. The second-order valence-corrected chi connectivity index (χ2v) is 7.21. The van der Waals surface area contributed by atoms with E-state index in [1.54, 1.807) is 6.07 Å². The van der Waals surface area contributed by atoms with Crippen molar-refractivity contribution in [2.75, 3.05) is 13.6 Å². The highest BCUT2D eigenvalue weighted by molar-refractivity contribution is 5.45. The van der Waals surface area contributed by atoms with Gasteiger partial charge in [-0.2, -0.15) is 8.78 Å². The first kappa shape index (κ1) is 14.4. The van der Waals surface area contributed by atoms with Crippen molar-refractivity contribution in [3.8, 4) is 5.75 Å². The molecule has 4 rings (SSSR count). The van der Waals surface area contributed by atoms with Crippen LogP contribution in [-0.4, -0.2) is 31.1 Å². The van der Waals surface area contributed by atoms with Gasteiger partial charge in [-0.25, -0.2) is 0 Å². The maximum atomic E-state index is 12.6. The fourth-order valence-corrected chi connectivity index (χ4v) is 5.35. The van der Waals surface area contributed by atoms with Crippen molar-refractivity contribution >= 4 is 0 Å². The van der Waals surface area contributed by atoms with Crippen molar-refractivity contribution in [2.45, 2.75) is 56.6 Å². The Balaban J connectivity index is 1.80. The number of rotatable bonds is 2. The van der Waals surface area contributed by atoms with Crippen LogP contribution in [0.5, 0.6) is 5.75 Å². The van der Waals surface area contributed by atoms with E-state index in [1.165, 1.54) is 36.8 Å². The Bertz CT molecular complexity index is 576. The van der Waals surface area contributed by atoms with E-state index in [0.717, 1.165) is 19.4 Å². The first-order chi connectivity index (χ1) is 10.6. The molecular formula is C18H23F2NO. The van der Waals surface area contributed by atoms with Crippen LogP contribution in [0.1, 0.15) is 43.2 Å². The van der Waals surface area contributed by atoms with Crippen LogP contribution in [0.15, 0.2) is 18.2 Å². The van der Waals surface area contributed by atoms with Crippen LogP contribution < -0.4 is 4.74 Å². The molecule has 3 atom stereocenters. The highest BCUT2D eigenvalue weighted by atomic mass is 19.3. The van der Waals surface area contributed by atoms with E-state index in [4.69, 9.17) is 0 Å². The van der Waals surface area contributed by atoms with Crippen LogP contribution in [0.2, 0.25) is 0 Å². The summed E-state index contributed by atoms with van der Waals surface area (Å²) >= 11 is 0. The highest BCUT2D eigenvalue weighted by Crippen LogP contribution is 2.55. The molecule has 0 radical (unpaired) electrons. The summed E-state index contributed by atoms with van der Waals surface area (Å²) in [5.74, 6) is 0.999. The second kappa shape index (κ2) is 5.19. The number of nitrogens with zero attached hydrogens (tertiary/aromatic N) is 1. The van der Waals surface area contributed by atoms with Crippen molar-refractivity contribution in [2.24, 2.45) is 5.92 Å². The summed E-state index contributed by atoms with van der Waals surface area (Å²) in [6, 6.07) is 6.26. The van der Waals surface area contributed by atoms with Gasteiger partial charge in [0.1, 0.15) is 5.75 Å². The molecule has 3 aliphatic rings. The van der Waals surface area contributed by atoms with E-state index in [0.29, 0.717) is 17.7 Å². The Morgan fingerprint density at radius 3 is 2.95 bits per heavy atom. The van der Waals surface area contributed by atoms with Gasteiger partial charge in [0.2, 0.25) is 0 Å². The zero-order chi connectivity index (χ0) is 15.3. The summed E-state index contributed by atoms with van der Waals surface area (Å²) in [6.45, 7) is -1.63. The molecule has 1 aromatic rings. The summed E-state index contributed by atoms with van der Waals surface area (Å²) in [5.41, 5.74) is 2.85. The predicted molar refractivity (Wildman–Crippen MR) is 81.4 cm³/mol. The highest BCUT2D eigenvalue weighted by Gasteiger charge is 2.53. The van der Waals surface area contributed by atoms with E-state index in [2.05, 4.69) is 16.7 Å². The molecule has 2 fully saturated rings. The normalized spacial score (nSPS) is 34.2. The number of halogens is 2. The van der Waals surface area contributed by atoms with Gasteiger partial charge in [0.25, 0.3) is 0 Å². The Hall–Kier alpha value is -1.16. The molecule has 1 heterocycles. The largest absolute Gasteiger partial charge is 0.435 e. The SMILES string of the molecule is CN1CC[C@@]23CCCCC2[C@@H]1Cc1ccc(OC(F)F)cc13. The molecule has 0 spiro atoms. The van der Waals surface area contributed by atoms with Gasteiger partial charge >= 0.3 is 6.61 Å². The van der Waals surface area contributed by atoms with Gasteiger partial charge in [-0.3, -0.25) is 0 Å². The number of piperidine rings is 1. The molecule has 2 aliphatic carbocycles. The average Bonchev–Trinajstić information content (AvgIpc) is 2.51. The predicted octanol–water partition coefficient (Wildman–Crippen LogP) is 3.98. The van der Waals surface area contributed by atoms with Gasteiger partial charge in [0.05, 0.1) is 0 Å². The summed E-state index contributed by atoms with van der Waals surface area (Å²) in [4.78, 5) is 2.51. The number of ether oxygens (including phenoxy) is 1. The molecule has 0 aromatic heterocycles. The molecule has 2 nitrogen and oxygen atoms in total. The number of alkyl halides is 2. The van der Waals surface area contributed by atoms with Crippen molar-refractivity contribution in [1.29, 1.82) is 0 Å². The Morgan fingerprint density at radius 2 is 2.14 bits per heavy atom. The van der Waals surface area contributed by atoms with Crippen LogP contribution in [0.4, 0.5) is 8.78 Å². The number of likely N-dealkylation sites (tertiary alicyclic amines) is 1. The zero-order valence-corrected chi connectivity index (χ0v) is 13.0. The third-order valence-corrected chi connectivity index (χ3v) is 6.31. The van der Waals surface area contributed by atoms with Crippen molar-refractivity contribution in [3.63, 3.8) is 0 Å². The van der Waals surface area contributed by atoms with Gasteiger partial charge in [-0.05, 0) is 68.5 Å². The van der Waals surface area contributed by atoms with Gasteiger partial charge < -0.3 is 9.64 Å². The Morgan fingerprint density at radius 1 is 1.27 bits per heavy atom. The molecule has 1 unspecified atom stereocenters. The lowest BCUT2D eigenvalue weighted by Crippen LogP contribution is -2.59. The van der Waals surface area contributed by atoms with Crippen LogP contribution in [0, 0.1) is 5.92 Å². The van der Waals surface area contributed by atoms with Crippen molar-refractivity contribution < 1.29 is 13.5 Å². The monoisotopic (exact) mass is 307 g/mol. The minimum Gasteiger partial charge on any atom is -0.435 e. The molecule has 0 amide bonds. The molecule has 22 heavy (non-hydrogen) atoms. The zero-order valence-electron chi connectivity index (χ0n) is 13.0. The Labute approximate surface area is 130 Å². The van der Waals surface area contributed by atoms with Crippen LogP contribution in [0.25, 0.3) is 0 Å². The number of benzene rings is 1. The average molecular weight is 307 g/mol. The lowest BCUT2D eigenvalue weighted by atomic mass is 9.52. The molecule has 4 heteroatoms. The minimum atomic E-state index is -2.74. The summed E-state index contributed by atoms with van der Waals surface area (Å²) in [6.07, 6.45) is 7.23. The van der Waals surface area contributed by atoms with Crippen molar-refractivity contribution in [3.05, 3.63) is 29.3 Å². The molecule has 1 saturated carbocycles. The maximum absolute atomic E-state index is 12.6. The molecule has 120 valence electrons. The molecule has 1 aromatic carbocycles. The minimum absolute atomic E-state index is 0.199. The number of likely N-dealkylation sites (N-methyl/N-ethyl adjacent to an activating group) is 1. The maximum Gasteiger partial charge on any atom is 0.387 e. The topological polar surface area (TPSA) is 12.5 Å². The second-order valence-electron chi connectivity index (χ2n) is 7.21. The quantitative estimate of drug-likeness (QED) is 0.819.